The van der Waals surface area contributed by atoms with Crippen molar-refractivity contribution in [1.29, 1.82) is 0 Å². The van der Waals surface area contributed by atoms with Crippen LogP contribution < -0.4 is 5.32 Å². The van der Waals surface area contributed by atoms with Crippen molar-refractivity contribution in [2.75, 3.05) is 13.2 Å². The minimum atomic E-state index is -0.0318. The highest BCUT2D eigenvalue weighted by molar-refractivity contribution is 5.77. The average Bonchev–Trinajstić information content (AvgIpc) is 2.17. The van der Waals surface area contributed by atoms with Gasteiger partial charge in [-0.15, -0.1) is 0 Å². The molecular weight excluding hydrogens is 190 g/mol. The van der Waals surface area contributed by atoms with Gasteiger partial charge in [0.25, 0.3) is 0 Å². The number of ether oxygens (including phenoxy) is 1. The Morgan fingerprint density at radius 3 is 2.47 bits per heavy atom. The van der Waals surface area contributed by atoms with E-state index in [0.29, 0.717) is 6.54 Å². The van der Waals surface area contributed by atoms with Crippen LogP contribution in [0.4, 0.5) is 0 Å². The summed E-state index contributed by atoms with van der Waals surface area (Å²) in [5.41, 5.74) is 3.60. The first-order valence-electron chi connectivity index (χ1n) is 5.11. The number of nitrogens with one attached hydrogen (secondary N) is 1. The molecule has 3 nitrogen and oxygen atoms in total. The largest absolute Gasteiger partial charge is 0.362 e. The number of morpholine rings is 1. The summed E-state index contributed by atoms with van der Waals surface area (Å²) >= 11 is 0. The summed E-state index contributed by atoms with van der Waals surface area (Å²) in [5.74, 6) is -0.0318. The highest BCUT2D eigenvalue weighted by Gasteiger charge is 2.20. The topological polar surface area (TPSA) is 38.3 Å². The molecule has 1 saturated heterocycles. The molecule has 15 heavy (non-hydrogen) atoms. The van der Waals surface area contributed by atoms with Crippen molar-refractivity contribution >= 4 is 5.91 Å². The van der Waals surface area contributed by atoms with Gasteiger partial charge < -0.3 is 10.1 Å². The zero-order valence-corrected chi connectivity index (χ0v) is 9.04. The zero-order valence-electron chi connectivity index (χ0n) is 9.04. The van der Waals surface area contributed by atoms with Gasteiger partial charge in [0, 0.05) is 6.54 Å². The van der Waals surface area contributed by atoms with E-state index in [1.165, 1.54) is 11.1 Å². The highest BCUT2D eigenvalue weighted by atomic mass is 16.5. The Labute approximate surface area is 89.4 Å². The Bertz CT molecular complexity index is 357. The van der Waals surface area contributed by atoms with Gasteiger partial charge in [0.15, 0.2) is 0 Å². The molecule has 0 aromatic heterocycles. The third kappa shape index (κ3) is 2.36. The number of hydrogen-bond acceptors (Lipinski definition) is 2. The first-order valence-corrected chi connectivity index (χ1v) is 5.11. The number of amides is 1. The molecule has 1 aromatic rings. The van der Waals surface area contributed by atoms with Crippen molar-refractivity contribution in [3.8, 4) is 0 Å². The summed E-state index contributed by atoms with van der Waals surface area (Å²) in [6.07, 6.45) is 0.00120. The SMILES string of the molecule is Cc1cc(C)cc(C2CNC(=O)CO2)c1. The summed E-state index contributed by atoms with van der Waals surface area (Å²) in [4.78, 5) is 10.9. The van der Waals surface area contributed by atoms with E-state index in [1.807, 2.05) is 0 Å². The van der Waals surface area contributed by atoms with E-state index in [2.05, 4.69) is 37.4 Å². The monoisotopic (exact) mass is 205 g/mol. The van der Waals surface area contributed by atoms with Crippen LogP contribution in [0.25, 0.3) is 0 Å². The van der Waals surface area contributed by atoms with Gasteiger partial charge >= 0.3 is 0 Å². The fraction of sp³-hybridized carbons (Fsp3) is 0.417. The van der Waals surface area contributed by atoms with Crippen molar-refractivity contribution in [3.05, 3.63) is 34.9 Å². The number of carbonyl (C=O) groups excluding carboxylic acids is 1. The van der Waals surface area contributed by atoms with E-state index in [0.717, 1.165) is 5.56 Å². The Morgan fingerprint density at radius 1 is 1.27 bits per heavy atom. The van der Waals surface area contributed by atoms with Gasteiger partial charge in [-0.05, 0) is 19.4 Å². The lowest BCUT2D eigenvalue weighted by Gasteiger charge is -2.24. The molecule has 1 aliphatic rings. The molecular formula is C12H15NO2. The van der Waals surface area contributed by atoms with Crippen LogP contribution >= 0.6 is 0 Å². The van der Waals surface area contributed by atoms with Gasteiger partial charge in [0.2, 0.25) is 5.91 Å². The molecule has 2 rings (SSSR count). The van der Waals surface area contributed by atoms with Crippen LogP contribution in [-0.4, -0.2) is 19.1 Å². The maximum atomic E-state index is 10.9. The molecule has 1 unspecified atom stereocenters. The molecule has 80 valence electrons. The molecule has 1 N–H and O–H groups in total. The molecule has 0 aliphatic carbocycles. The maximum Gasteiger partial charge on any atom is 0.246 e. The summed E-state index contributed by atoms with van der Waals surface area (Å²) in [7, 11) is 0. The van der Waals surface area contributed by atoms with E-state index < -0.39 is 0 Å². The van der Waals surface area contributed by atoms with Crippen LogP contribution in [0, 0.1) is 13.8 Å². The summed E-state index contributed by atoms with van der Waals surface area (Å²) in [5, 5.41) is 2.81. The van der Waals surface area contributed by atoms with Crippen LogP contribution in [0.3, 0.4) is 0 Å². The van der Waals surface area contributed by atoms with Crippen LogP contribution in [-0.2, 0) is 9.53 Å². The molecule has 1 heterocycles. The normalized spacial score (nSPS) is 21.2. The molecule has 1 atom stereocenters. The number of aryl methyl sites for hydroxylation is 2. The second-order valence-electron chi connectivity index (χ2n) is 4.02. The summed E-state index contributed by atoms with van der Waals surface area (Å²) in [6, 6.07) is 6.34. The molecule has 0 saturated carbocycles. The van der Waals surface area contributed by atoms with E-state index >= 15 is 0 Å². The van der Waals surface area contributed by atoms with E-state index in [4.69, 9.17) is 4.74 Å². The second-order valence-corrected chi connectivity index (χ2v) is 4.02. The fourth-order valence-corrected chi connectivity index (χ4v) is 1.90. The van der Waals surface area contributed by atoms with Gasteiger partial charge in [0.1, 0.15) is 12.7 Å². The van der Waals surface area contributed by atoms with Crippen molar-refractivity contribution in [2.24, 2.45) is 0 Å². The van der Waals surface area contributed by atoms with Gasteiger partial charge in [-0.3, -0.25) is 4.79 Å². The predicted molar refractivity (Wildman–Crippen MR) is 57.6 cm³/mol. The standard InChI is InChI=1S/C12H15NO2/c1-8-3-9(2)5-10(4-8)11-6-13-12(14)7-15-11/h3-5,11H,6-7H2,1-2H3,(H,13,14). The smallest absolute Gasteiger partial charge is 0.246 e. The fourth-order valence-electron chi connectivity index (χ4n) is 1.90. The Kier molecular flexibility index (Phi) is 2.73. The van der Waals surface area contributed by atoms with Crippen molar-refractivity contribution in [3.63, 3.8) is 0 Å². The Morgan fingerprint density at radius 2 is 1.93 bits per heavy atom. The van der Waals surface area contributed by atoms with Crippen LogP contribution in [0.1, 0.15) is 22.8 Å². The molecule has 1 amide bonds. The zero-order chi connectivity index (χ0) is 10.8. The number of carbonyl (C=O) groups is 1. The van der Waals surface area contributed by atoms with E-state index in [1.54, 1.807) is 0 Å². The summed E-state index contributed by atoms with van der Waals surface area (Å²) < 4.78 is 5.47. The third-order valence-electron chi connectivity index (χ3n) is 2.52. The van der Waals surface area contributed by atoms with Crippen LogP contribution in [0.5, 0.6) is 0 Å². The number of hydrogen-bond donors (Lipinski definition) is 1. The van der Waals surface area contributed by atoms with E-state index in [-0.39, 0.29) is 18.6 Å². The lowest BCUT2D eigenvalue weighted by molar-refractivity contribution is -0.133. The first kappa shape index (κ1) is 10.2. The first-order chi connectivity index (χ1) is 7.15. The van der Waals surface area contributed by atoms with Gasteiger partial charge in [0.05, 0.1) is 0 Å². The van der Waals surface area contributed by atoms with E-state index in [9.17, 15) is 4.79 Å². The lowest BCUT2D eigenvalue weighted by atomic mass is 10.0. The Hall–Kier alpha value is -1.35. The maximum absolute atomic E-state index is 10.9. The Balaban J connectivity index is 2.18. The number of rotatable bonds is 1. The molecule has 1 aromatic carbocycles. The van der Waals surface area contributed by atoms with Crippen molar-refractivity contribution < 1.29 is 9.53 Å². The molecule has 3 heteroatoms. The van der Waals surface area contributed by atoms with Crippen LogP contribution in [0.15, 0.2) is 18.2 Å². The third-order valence-corrected chi connectivity index (χ3v) is 2.52. The molecule has 1 fully saturated rings. The van der Waals surface area contributed by atoms with Crippen molar-refractivity contribution in [1.82, 2.24) is 5.32 Å². The summed E-state index contributed by atoms with van der Waals surface area (Å²) in [6.45, 7) is 4.87. The van der Waals surface area contributed by atoms with Crippen molar-refractivity contribution in [2.45, 2.75) is 20.0 Å². The second kappa shape index (κ2) is 4.03. The molecule has 0 bridgehead atoms. The number of benzene rings is 1. The quantitative estimate of drug-likeness (QED) is 0.754. The van der Waals surface area contributed by atoms with Crippen LogP contribution in [0.2, 0.25) is 0 Å². The minimum absolute atomic E-state index is 0.00120. The predicted octanol–water partition coefficient (Wildman–Crippen LogP) is 1.49. The molecule has 0 spiro atoms. The average molecular weight is 205 g/mol. The lowest BCUT2D eigenvalue weighted by Crippen LogP contribution is -2.38. The van der Waals surface area contributed by atoms with Gasteiger partial charge in [-0.25, -0.2) is 0 Å². The minimum Gasteiger partial charge on any atom is -0.362 e. The van der Waals surface area contributed by atoms with Gasteiger partial charge in [-0.2, -0.15) is 0 Å². The van der Waals surface area contributed by atoms with Gasteiger partial charge in [-0.1, -0.05) is 29.3 Å². The molecule has 1 aliphatic heterocycles. The molecule has 0 radical (unpaired) electrons. The highest BCUT2D eigenvalue weighted by Crippen LogP contribution is 2.21.